The topological polar surface area (TPSA) is 28.7 Å². The molecule has 1 aromatic heterocycles. The normalized spacial score (nSPS) is 12.7. The zero-order valence-corrected chi connectivity index (χ0v) is 12.2. The highest BCUT2D eigenvalue weighted by Crippen LogP contribution is 2.35. The van der Waals surface area contributed by atoms with Crippen molar-refractivity contribution in [3.05, 3.63) is 51.5 Å². The van der Waals surface area contributed by atoms with Crippen molar-refractivity contribution in [2.75, 3.05) is 0 Å². The fraction of sp³-hybridized carbons (Fsp3) is 0.182. The summed E-state index contributed by atoms with van der Waals surface area (Å²) < 4.78 is 0.913. The Morgan fingerprint density at radius 2 is 2.25 bits per heavy atom. The fourth-order valence-corrected chi connectivity index (χ4v) is 2.91. The average molecular weight is 364 g/mol. The van der Waals surface area contributed by atoms with Crippen LogP contribution in [0.5, 0.6) is 0 Å². The Morgan fingerprint density at radius 3 is 2.94 bits per heavy atom. The van der Waals surface area contributed by atoms with Gasteiger partial charge in [0.25, 0.3) is 0 Å². The summed E-state index contributed by atoms with van der Waals surface area (Å²) in [5, 5.41) is 0.746. The number of nitrogens with one attached hydrogen (secondary N) is 1. The van der Waals surface area contributed by atoms with E-state index in [0.717, 1.165) is 27.3 Å². The smallest absolute Gasteiger partial charge is 0.107 e. The molecular formula is C11H9Br2ClN2. The predicted octanol–water partition coefficient (Wildman–Crippen LogP) is 4.50. The molecule has 0 aliphatic rings. The molecule has 2 rings (SSSR count). The van der Waals surface area contributed by atoms with Crippen LogP contribution < -0.4 is 0 Å². The second kappa shape index (κ2) is 5.34. The number of alkyl halides is 1. The predicted molar refractivity (Wildman–Crippen MR) is 73.1 cm³/mol. The summed E-state index contributed by atoms with van der Waals surface area (Å²) in [6.07, 6.45) is 4.35. The number of benzene rings is 1. The number of hydrogen-bond donors (Lipinski definition) is 1. The first-order chi connectivity index (χ1) is 7.68. The van der Waals surface area contributed by atoms with Gasteiger partial charge >= 0.3 is 0 Å². The molecule has 2 nitrogen and oxygen atoms in total. The van der Waals surface area contributed by atoms with E-state index >= 15 is 0 Å². The van der Waals surface area contributed by atoms with Gasteiger partial charge in [-0.25, -0.2) is 4.98 Å². The molecule has 0 spiro atoms. The molecule has 0 aliphatic heterocycles. The van der Waals surface area contributed by atoms with Crippen LogP contribution in [0.4, 0.5) is 0 Å². The minimum atomic E-state index is 0.156. The molecule has 2 aromatic rings. The van der Waals surface area contributed by atoms with Crippen LogP contribution in [0, 0.1) is 0 Å². The first kappa shape index (κ1) is 12.1. The standard InChI is InChI=1S/C11H9Br2ClN2/c12-8-3-1-2-7(11(8)14)9(13)6-10-15-4-5-16-10/h1-5,9H,6H2,(H,15,16). The van der Waals surface area contributed by atoms with Crippen LogP contribution in [0.15, 0.2) is 35.1 Å². The van der Waals surface area contributed by atoms with Crippen LogP contribution in [-0.2, 0) is 6.42 Å². The molecule has 0 saturated carbocycles. The quantitative estimate of drug-likeness (QED) is 0.798. The fourth-order valence-electron chi connectivity index (χ4n) is 1.45. The van der Waals surface area contributed by atoms with E-state index < -0.39 is 0 Å². The van der Waals surface area contributed by atoms with Gasteiger partial charge in [-0.15, -0.1) is 0 Å². The van der Waals surface area contributed by atoms with Crippen molar-refractivity contribution in [1.29, 1.82) is 0 Å². The molecule has 84 valence electrons. The van der Waals surface area contributed by atoms with Crippen molar-refractivity contribution >= 4 is 43.5 Å². The van der Waals surface area contributed by atoms with Crippen LogP contribution >= 0.6 is 43.5 Å². The van der Waals surface area contributed by atoms with Gasteiger partial charge in [0.2, 0.25) is 0 Å². The van der Waals surface area contributed by atoms with Crippen LogP contribution in [0.2, 0.25) is 5.02 Å². The van der Waals surface area contributed by atoms with Crippen molar-refractivity contribution in [1.82, 2.24) is 9.97 Å². The van der Waals surface area contributed by atoms with Crippen molar-refractivity contribution in [2.45, 2.75) is 11.2 Å². The van der Waals surface area contributed by atoms with Crippen molar-refractivity contribution < 1.29 is 0 Å². The molecular weight excluding hydrogens is 355 g/mol. The Kier molecular flexibility index (Phi) is 4.05. The maximum Gasteiger partial charge on any atom is 0.107 e. The number of H-pyrrole nitrogens is 1. The lowest BCUT2D eigenvalue weighted by molar-refractivity contribution is 0.876. The van der Waals surface area contributed by atoms with Crippen LogP contribution in [0.25, 0.3) is 0 Å². The number of nitrogens with zero attached hydrogens (tertiary/aromatic N) is 1. The third kappa shape index (κ3) is 2.67. The summed E-state index contributed by atoms with van der Waals surface area (Å²) in [4.78, 5) is 7.43. The van der Waals surface area contributed by atoms with Gasteiger partial charge < -0.3 is 4.98 Å². The van der Waals surface area contributed by atoms with Crippen LogP contribution in [-0.4, -0.2) is 9.97 Å². The molecule has 0 saturated heterocycles. The van der Waals surface area contributed by atoms with E-state index in [2.05, 4.69) is 41.8 Å². The molecule has 16 heavy (non-hydrogen) atoms. The SMILES string of the molecule is Clc1c(Br)cccc1C(Br)Cc1ncc[nH]1. The Morgan fingerprint density at radius 1 is 1.44 bits per heavy atom. The molecule has 0 bridgehead atoms. The van der Waals surface area contributed by atoms with Crippen LogP contribution in [0.1, 0.15) is 16.2 Å². The molecule has 1 atom stereocenters. The first-order valence-corrected chi connectivity index (χ1v) is 6.83. The molecule has 0 fully saturated rings. The number of aromatic nitrogens is 2. The van der Waals surface area contributed by atoms with Gasteiger partial charge in [0.05, 0.1) is 5.02 Å². The molecule has 5 heteroatoms. The molecule has 0 aliphatic carbocycles. The van der Waals surface area contributed by atoms with Gasteiger partial charge in [-0.2, -0.15) is 0 Å². The molecule has 0 amide bonds. The largest absolute Gasteiger partial charge is 0.349 e. The van der Waals surface area contributed by atoms with E-state index in [9.17, 15) is 0 Å². The average Bonchev–Trinajstić information content (AvgIpc) is 2.74. The Bertz CT molecular complexity index is 471. The highest BCUT2D eigenvalue weighted by Gasteiger charge is 2.14. The summed E-state index contributed by atoms with van der Waals surface area (Å²) in [6.45, 7) is 0. The summed E-state index contributed by atoms with van der Waals surface area (Å²) in [5.41, 5.74) is 1.06. The number of aromatic amines is 1. The summed E-state index contributed by atoms with van der Waals surface area (Å²) >= 11 is 13.3. The van der Waals surface area contributed by atoms with Crippen LogP contribution in [0.3, 0.4) is 0 Å². The highest BCUT2D eigenvalue weighted by molar-refractivity contribution is 9.10. The number of rotatable bonds is 3. The maximum atomic E-state index is 6.22. The summed E-state index contributed by atoms with van der Waals surface area (Å²) in [6, 6.07) is 5.91. The lowest BCUT2D eigenvalue weighted by Gasteiger charge is -2.11. The third-order valence-electron chi connectivity index (χ3n) is 2.25. The van der Waals surface area contributed by atoms with Crippen molar-refractivity contribution in [2.24, 2.45) is 0 Å². The molecule has 1 heterocycles. The van der Waals surface area contributed by atoms with Gasteiger partial charge in [0, 0.05) is 28.1 Å². The van der Waals surface area contributed by atoms with E-state index in [4.69, 9.17) is 11.6 Å². The Hall–Kier alpha value is -0.320. The van der Waals surface area contributed by atoms with Gasteiger partial charge in [-0.05, 0) is 27.6 Å². The molecule has 1 N–H and O–H groups in total. The van der Waals surface area contributed by atoms with Gasteiger partial charge in [-0.3, -0.25) is 0 Å². The lowest BCUT2D eigenvalue weighted by atomic mass is 10.1. The lowest BCUT2D eigenvalue weighted by Crippen LogP contribution is -1.98. The van der Waals surface area contributed by atoms with Crippen molar-refractivity contribution in [3.8, 4) is 0 Å². The van der Waals surface area contributed by atoms with E-state index in [-0.39, 0.29) is 4.83 Å². The van der Waals surface area contributed by atoms with Gasteiger partial charge in [-0.1, -0.05) is 39.7 Å². The second-order valence-electron chi connectivity index (χ2n) is 3.35. The Balaban J connectivity index is 2.21. The first-order valence-electron chi connectivity index (χ1n) is 4.74. The number of halogens is 3. The number of imidazole rings is 1. The van der Waals surface area contributed by atoms with E-state index in [0.29, 0.717) is 0 Å². The third-order valence-corrected chi connectivity index (χ3v) is 4.37. The summed E-state index contributed by atoms with van der Waals surface area (Å²) in [7, 11) is 0. The maximum absolute atomic E-state index is 6.22. The molecule has 1 aromatic carbocycles. The van der Waals surface area contributed by atoms with Gasteiger partial charge in [0.1, 0.15) is 5.82 Å². The summed E-state index contributed by atoms with van der Waals surface area (Å²) in [5.74, 6) is 0.943. The zero-order valence-electron chi connectivity index (χ0n) is 8.25. The second-order valence-corrected chi connectivity index (χ2v) is 5.69. The van der Waals surface area contributed by atoms with E-state index in [1.807, 2.05) is 24.4 Å². The minimum absolute atomic E-state index is 0.156. The minimum Gasteiger partial charge on any atom is -0.349 e. The van der Waals surface area contributed by atoms with E-state index in [1.165, 1.54) is 0 Å². The number of hydrogen-bond acceptors (Lipinski definition) is 1. The van der Waals surface area contributed by atoms with Crippen molar-refractivity contribution in [3.63, 3.8) is 0 Å². The van der Waals surface area contributed by atoms with Gasteiger partial charge in [0.15, 0.2) is 0 Å². The molecule has 1 unspecified atom stereocenters. The monoisotopic (exact) mass is 362 g/mol. The van der Waals surface area contributed by atoms with E-state index in [1.54, 1.807) is 6.20 Å². The highest BCUT2D eigenvalue weighted by atomic mass is 79.9. The zero-order chi connectivity index (χ0) is 11.5. The molecule has 0 radical (unpaired) electrons. The Labute approximate surface area is 116 Å².